The van der Waals surface area contributed by atoms with E-state index >= 15 is 0 Å². The molecule has 6 nitrogen and oxygen atoms in total. The summed E-state index contributed by atoms with van der Waals surface area (Å²) in [6.45, 7) is 3.34. The lowest BCUT2D eigenvalue weighted by Gasteiger charge is -2.35. The Balaban J connectivity index is 1.38. The third-order valence-electron chi connectivity index (χ3n) is 4.59. The normalized spacial score (nSPS) is 22.0. The molecule has 2 amide bonds. The predicted octanol–water partition coefficient (Wildman–Crippen LogP) is 1.53. The standard InChI is InChI=1S/C16H19N3O3S/c20-15(11-2-1-4-17-11)18-5-7-19(8-6-18)16(21)14-10-12-13(23-14)3-9-22-12/h3,9-11,17H,1-2,4-8H2. The van der Waals surface area contributed by atoms with Gasteiger partial charge < -0.3 is 19.5 Å². The van der Waals surface area contributed by atoms with Gasteiger partial charge in [0.15, 0.2) is 0 Å². The first kappa shape index (κ1) is 14.7. The van der Waals surface area contributed by atoms with Gasteiger partial charge in [-0.3, -0.25) is 9.59 Å². The highest BCUT2D eigenvalue weighted by molar-refractivity contribution is 7.20. The molecule has 2 aromatic heterocycles. The molecule has 1 atom stereocenters. The van der Waals surface area contributed by atoms with Crippen molar-refractivity contribution in [3.63, 3.8) is 0 Å². The van der Waals surface area contributed by atoms with Crippen LogP contribution in [0.4, 0.5) is 0 Å². The Bertz CT molecular complexity index is 695. The zero-order valence-corrected chi connectivity index (χ0v) is 13.6. The monoisotopic (exact) mass is 333 g/mol. The minimum atomic E-state index is -0.0264. The third-order valence-corrected chi connectivity index (χ3v) is 5.66. The smallest absolute Gasteiger partial charge is 0.264 e. The van der Waals surface area contributed by atoms with Crippen molar-refractivity contribution in [1.29, 1.82) is 0 Å². The SMILES string of the molecule is O=C(c1cc2occc2s1)N1CCN(C(=O)C2CCCN2)CC1. The predicted molar refractivity (Wildman–Crippen MR) is 87.6 cm³/mol. The van der Waals surface area contributed by atoms with E-state index in [1.807, 2.05) is 21.9 Å². The fourth-order valence-electron chi connectivity index (χ4n) is 3.27. The largest absolute Gasteiger partial charge is 0.463 e. The molecule has 2 aromatic rings. The number of furan rings is 1. The third kappa shape index (κ3) is 2.74. The molecule has 0 spiro atoms. The number of hydrogen-bond acceptors (Lipinski definition) is 5. The highest BCUT2D eigenvalue weighted by atomic mass is 32.1. The lowest BCUT2D eigenvalue weighted by molar-refractivity contribution is -0.134. The van der Waals surface area contributed by atoms with Crippen LogP contribution in [0.25, 0.3) is 10.3 Å². The summed E-state index contributed by atoms with van der Waals surface area (Å²) in [6, 6.07) is 3.66. The van der Waals surface area contributed by atoms with Gasteiger partial charge in [0.2, 0.25) is 5.91 Å². The van der Waals surface area contributed by atoms with Crippen LogP contribution in [0.2, 0.25) is 0 Å². The molecule has 2 aliphatic rings. The Morgan fingerprint density at radius 3 is 2.70 bits per heavy atom. The molecule has 2 fully saturated rings. The average Bonchev–Trinajstić information content (AvgIpc) is 3.29. The van der Waals surface area contributed by atoms with Gasteiger partial charge in [0, 0.05) is 32.2 Å². The minimum Gasteiger partial charge on any atom is -0.463 e. The van der Waals surface area contributed by atoms with E-state index in [-0.39, 0.29) is 17.9 Å². The molecule has 0 bridgehead atoms. The van der Waals surface area contributed by atoms with Gasteiger partial charge in [-0.2, -0.15) is 0 Å². The summed E-state index contributed by atoms with van der Waals surface area (Å²) < 4.78 is 6.32. The van der Waals surface area contributed by atoms with Gasteiger partial charge in [-0.15, -0.1) is 11.3 Å². The number of carbonyl (C=O) groups excluding carboxylic acids is 2. The Kier molecular flexibility index (Phi) is 3.82. The quantitative estimate of drug-likeness (QED) is 0.905. The average molecular weight is 333 g/mol. The van der Waals surface area contributed by atoms with Crippen LogP contribution in [0.3, 0.4) is 0 Å². The van der Waals surface area contributed by atoms with Crippen LogP contribution >= 0.6 is 11.3 Å². The summed E-state index contributed by atoms with van der Waals surface area (Å²) in [7, 11) is 0. The van der Waals surface area contributed by atoms with Crippen LogP contribution in [0.15, 0.2) is 22.8 Å². The molecule has 2 saturated heterocycles. The Morgan fingerprint density at radius 2 is 2.00 bits per heavy atom. The second kappa shape index (κ2) is 5.98. The van der Waals surface area contributed by atoms with Gasteiger partial charge in [-0.05, 0) is 25.5 Å². The summed E-state index contributed by atoms with van der Waals surface area (Å²) in [5.41, 5.74) is 0.763. The Labute approximate surface area is 138 Å². The van der Waals surface area contributed by atoms with Crippen LogP contribution < -0.4 is 5.32 Å². The van der Waals surface area contributed by atoms with Gasteiger partial charge in [0.1, 0.15) is 5.58 Å². The second-order valence-electron chi connectivity index (χ2n) is 6.03. The second-order valence-corrected chi connectivity index (χ2v) is 7.11. The van der Waals surface area contributed by atoms with Crippen molar-refractivity contribution >= 4 is 33.4 Å². The van der Waals surface area contributed by atoms with Crippen LogP contribution in [0.1, 0.15) is 22.5 Å². The fourth-order valence-corrected chi connectivity index (χ4v) is 4.22. The zero-order valence-electron chi connectivity index (χ0n) is 12.8. The number of nitrogens with zero attached hydrogens (tertiary/aromatic N) is 2. The number of piperazine rings is 1. The molecule has 23 heavy (non-hydrogen) atoms. The van der Waals surface area contributed by atoms with Gasteiger partial charge in [-0.25, -0.2) is 0 Å². The first-order valence-electron chi connectivity index (χ1n) is 8.01. The van der Waals surface area contributed by atoms with E-state index in [9.17, 15) is 9.59 Å². The maximum Gasteiger partial charge on any atom is 0.264 e. The summed E-state index contributed by atoms with van der Waals surface area (Å²) in [5.74, 6) is 0.218. The summed E-state index contributed by atoms with van der Waals surface area (Å²) in [5, 5.41) is 3.24. The number of nitrogens with one attached hydrogen (secondary N) is 1. The van der Waals surface area contributed by atoms with E-state index in [1.165, 1.54) is 11.3 Å². The van der Waals surface area contributed by atoms with Crippen molar-refractivity contribution in [3.8, 4) is 0 Å². The first-order valence-corrected chi connectivity index (χ1v) is 8.82. The molecule has 122 valence electrons. The van der Waals surface area contributed by atoms with E-state index < -0.39 is 0 Å². The van der Waals surface area contributed by atoms with Crippen molar-refractivity contribution in [2.45, 2.75) is 18.9 Å². The van der Waals surface area contributed by atoms with E-state index in [2.05, 4.69) is 5.32 Å². The Morgan fingerprint density at radius 1 is 1.22 bits per heavy atom. The molecular weight excluding hydrogens is 314 g/mol. The molecule has 0 saturated carbocycles. The number of rotatable bonds is 2. The van der Waals surface area contributed by atoms with E-state index in [1.54, 1.807) is 6.26 Å². The van der Waals surface area contributed by atoms with Crippen molar-refractivity contribution in [3.05, 3.63) is 23.3 Å². The summed E-state index contributed by atoms with van der Waals surface area (Å²) >= 11 is 1.46. The first-order chi connectivity index (χ1) is 11.2. The minimum absolute atomic E-state index is 0.0264. The lowest BCUT2D eigenvalue weighted by Crippen LogP contribution is -2.54. The van der Waals surface area contributed by atoms with Gasteiger partial charge in [0.25, 0.3) is 5.91 Å². The van der Waals surface area contributed by atoms with Crippen LogP contribution in [-0.2, 0) is 4.79 Å². The van der Waals surface area contributed by atoms with Crippen LogP contribution in [0.5, 0.6) is 0 Å². The van der Waals surface area contributed by atoms with Gasteiger partial charge in [-0.1, -0.05) is 0 Å². The van der Waals surface area contributed by atoms with Gasteiger partial charge in [0.05, 0.1) is 21.9 Å². The molecule has 0 radical (unpaired) electrons. The van der Waals surface area contributed by atoms with Crippen molar-refractivity contribution in [2.75, 3.05) is 32.7 Å². The number of fused-ring (bicyclic) bond motifs is 1. The number of hydrogen-bond donors (Lipinski definition) is 1. The number of thiophene rings is 1. The molecule has 2 aliphatic heterocycles. The molecule has 1 N–H and O–H groups in total. The maximum atomic E-state index is 12.6. The van der Waals surface area contributed by atoms with Crippen molar-refractivity contribution in [2.24, 2.45) is 0 Å². The molecule has 1 unspecified atom stereocenters. The van der Waals surface area contributed by atoms with E-state index in [4.69, 9.17) is 4.42 Å². The number of amides is 2. The summed E-state index contributed by atoms with van der Waals surface area (Å²) in [6.07, 6.45) is 3.62. The van der Waals surface area contributed by atoms with Crippen LogP contribution in [0, 0.1) is 0 Å². The number of carbonyl (C=O) groups is 2. The Hall–Kier alpha value is -1.86. The van der Waals surface area contributed by atoms with Crippen LogP contribution in [-0.4, -0.2) is 60.4 Å². The van der Waals surface area contributed by atoms with E-state index in [0.29, 0.717) is 31.1 Å². The highest BCUT2D eigenvalue weighted by Crippen LogP contribution is 2.27. The molecule has 0 aromatic carbocycles. The highest BCUT2D eigenvalue weighted by Gasteiger charge is 2.31. The zero-order chi connectivity index (χ0) is 15.8. The molecule has 0 aliphatic carbocycles. The van der Waals surface area contributed by atoms with E-state index in [0.717, 1.165) is 29.7 Å². The van der Waals surface area contributed by atoms with Crippen molar-refractivity contribution < 1.29 is 14.0 Å². The molecule has 4 heterocycles. The molecule has 4 rings (SSSR count). The molecule has 7 heteroatoms. The molecular formula is C16H19N3O3S. The lowest BCUT2D eigenvalue weighted by atomic mass is 10.2. The maximum absolute atomic E-state index is 12.6. The summed E-state index contributed by atoms with van der Waals surface area (Å²) in [4.78, 5) is 29.4. The van der Waals surface area contributed by atoms with Crippen molar-refractivity contribution in [1.82, 2.24) is 15.1 Å². The topological polar surface area (TPSA) is 65.8 Å². The van der Waals surface area contributed by atoms with Gasteiger partial charge >= 0.3 is 0 Å². The fraction of sp³-hybridized carbons (Fsp3) is 0.500.